The van der Waals surface area contributed by atoms with Gasteiger partial charge in [-0.2, -0.15) is 0 Å². The second-order valence-corrected chi connectivity index (χ2v) is 6.06. The third kappa shape index (κ3) is 4.89. The zero-order valence-electron chi connectivity index (χ0n) is 12.8. The van der Waals surface area contributed by atoms with Crippen LogP contribution >= 0.6 is 0 Å². The lowest BCUT2D eigenvalue weighted by molar-refractivity contribution is 0.0919. The molecule has 0 bridgehead atoms. The lowest BCUT2D eigenvalue weighted by Crippen LogP contribution is -2.40. The topological polar surface area (TPSA) is 54.0 Å². The molecule has 4 nitrogen and oxygen atoms in total. The Bertz CT molecular complexity index is 447. The highest BCUT2D eigenvalue weighted by Crippen LogP contribution is 2.18. The van der Waals surface area contributed by atoms with Crippen molar-refractivity contribution < 1.29 is 4.79 Å². The first-order valence-electron chi connectivity index (χ1n) is 6.81. The van der Waals surface area contributed by atoms with Crippen LogP contribution in [0.25, 0.3) is 0 Å². The van der Waals surface area contributed by atoms with Crippen LogP contribution < -0.4 is 10.6 Å². The van der Waals surface area contributed by atoms with Gasteiger partial charge in [-0.05, 0) is 45.7 Å². The van der Waals surface area contributed by atoms with E-state index in [9.17, 15) is 4.79 Å². The number of hydrogen-bond donors (Lipinski definition) is 2. The largest absolute Gasteiger partial charge is 0.370 e. The normalized spacial score (nSPS) is 11.5. The SMILES string of the molecule is CCNc1cc(C(=O)NC(C)(C)C)cc(C(C)C)n1. The van der Waals surface area contributed by atoms with Gasteiger partial charge >= 0.3 is 0 Å². The summed E-state index contributed by atoms with van der Waals surface area (Å²) in [6, 6.07) is 3.67. The molecule has 0 saturated carbocycles. The van der Waals surface area contributed by atoms with Crippen LogP contribution in [0.3, 0.4) is 0 Å². The van der Waals surface area contributed by atoms with Gasteiger partial charge in [-0.1, -0.05) is 13.8 Å². The zero-order valence-corrected chi connectivity index (χ0v) is 12.8. The van der Waals surface area contributed by atoms with Crippen molar-refractivity contribution in [3.05, 3.63) is 23.4 Å². The third-order valence-electron chi connectivity index (χ3n) is 2.55. The number of carbonyl (C=O) groups is 1. The van der Waals surface area contributed by atoms with E-state index in [-0.39, 0.29) is 11.4 Å². The lowest BCUT2D eigenvalue weighted by atomic mass is 10.0. The molecular formula is C15H25N3O. The molecule has 0 saturated heterocycles. The highest BCUT2D eigenvalue weighted by atomic mass is 16.1. The van der Waals surface area contributed by atoms with Crippen LogP contribution in [-0.4, -0.2) is 23.0 Å². The lowest BCUT2D eigenvalue weighted by Gasteiger charge is -2.21. The molecule has 106 valence electrons. The molecule has 0 fully saturated rings. The van der Waals surface area contributed by atoms with Gasteiger partial charge in [0.25, 0.3) is 5.91 Å². The van der Waals surface area contributed by atoms with Crippen LogP contribution in [0.1, 0.15) is 63.5 Å². The summed E-state index contributed by atoms with van der Waals surface area (Å²) in [5.74, 6) is 0.989. The predicted molar refractivity (Wildman–Crippen MR) is 79.7 cm³/mol. The predicted octanol–water partition coefficient (Wildman–Crippen LogP) is 3.17. The van der Waals surface area contributed by atoms with Crippen molar-refractivity contribution in [3.63, 3.8) is 0 Å². The van der Waals surface area contributed by atoms with E-state index in [1.165, 1.54) is 0 Å². The van der Waals surface area contributed by atoms with Crippen LogP contribution in [0.4, 0.5) is 5.82 Å². The van der Waals surface area contributed by atoms with Gasteiger partial charge in [0.1, 0.15) is 5.82 Å². The van der Waals surface area contributed by atoms with Crippen LogP contribution in [0.2, 0.25) is 0 Å². The van der Waals surface area contributed by atoms with Gasteiger partial charge in [0.05, 0.1) is 0 Å². The minimum Gasteiger partial charge on any atom is -0.370 e. The van der Waals surface area contributed by atoms with E-state index in [0.717, 1.165) is 18.1 Å². The molecule has 1 heterocycles. The summed E-state index contributed by atoms with van der Waals surface area (Å²) in [6.07, 6.45) is 0. The van der Waals surface area contributed by atoms with Gasteiger partial charge in [0, 0.05) is 23.3 Å². The summed E-state index contributed by atoms with van der Waals surface area (Å²) in [6.45, 7) is 12.9. The van der Waals surface area contributed by atoms with Gasteiger partial charge < -0.3 is 10.6 Å². The Labute approximate surface area is 116 Å². The van der Waals surface area contributed by atoms with Crippen molar-refractivity contribution >= 4 is 11.7 Å². The molecule has 0 aromatic carbocycles. The van der Waals surface area contributed by atoms with Crippen LogP contribution in [0, 0.1) is 0 Å². The van der Waals surface area contributed by atoms with Crippen molar-refractivity contribution in [3.8, 4) is 0 Å². The third-order valence-corrected chi connectivity index (χ3v) is 2.55. The van der Waals surface area contributed by atoms with Crippen LogP contribution in [0.5, 0.6) is 0 Å². The Morgan fingerprint density at radius 1 is 1.32 bits per heavy atom. The van der Waals surface area contributed by atoms with Gasteiger partial charge in [-0.3, -0.25) is 4.79 Å². The summed E-state index contributed by atoms with van der Waals surface area (Å²) >= 11 is 0. The fraction of sp³-hybridized carbons (Fsp3) is 0.600. The maximum Gasteiger partial charge on any atom is 0.251 e. The van der Waals surface area contributed by atoms with Gasteiger partial charge in [0.2, 0.25) is 0 Å². The number of nitrogens with one attached hydrogen (secondary N) is 2. The summed E-state index contributed by atoms with van der Waals surface area (Å²) in [5.41, 5.74) is 1.35. The highest BCUT2D eigenvalue weighted by Gasteiger charge is 2.17. The molecule has 0 spiro atoms. The Balaban J connectivity index is 3.08. The monoisotopic (exact) mass is 263 g/mol. The Hall–Kier alpha value is -1.58. The van der Waals surface area contributed by atoms with Crippen LogP contribution in [-0.2, 0) is 0 Å². The summed E-state index contributed by atoms with van der Waals surface area (Å²) < 4.78 is 0. The quantitative estimate of drug-likeness (QED) is 0.877. The fourth-order valence-corrected chi connectivity index (χ4v) is 1.66. The summed E-state index contributed by atoms with van der Waals surface area (Å²) in [4.78, 5) is 16.7. The van der Waals surface area contributed by atoms with Crippen molar-refractivity contribution in [2.24, 2.45) is 0 Å². The summed E-state index contributed by atoms with van der Waals surface area (Å²) in [7, 11) is 0. The second kappa shape index (κ2) is 6.04. The number of pyridine rings is 1. The van der Waals surface area contributed by atoms with E-state index < -0.39 is 0 Å². The number of nitrogens with zero attached hydrogens (tertiary/aromatic N) is 1. The Kier molecular flexibility index (Phi) is 4.92. The summed E-state index contributed by atoms with van der Waals surface area (Å²) in [5, 5.41) is 6.15. The maximum absolute atomic E-state index is 12.2. The zero-order chi connectivity index (χ0) is 14.6. The maximum atomic E-state index is 12.2. The van der Waals surface area contributed by atoms with Crippen molar-refractivity contribution in [2.45, 2.75) is 53.0 Å². The van der Waals surface area contributed by atoms with Crippen molar-refractivity contribution in [2.75, 3.05) is 11.9 Å². The number of aromatic nitrogens is 1. The van der Waals surface area contributed by atoms with E-state index in [1.54, 1.807) is 6.07 Å². The van der Waals surface area contributed by atoms with Gasteiger partial charge in [-0.25, -0.2) is 4.98 Å². The molecule has 1 amide bonds. The minimum absolute atomic E-state index is 0.0593. The van der Waals surface area contributed by atoms with Crippen molar-refractivity contribution in [1.82, 2.24) is 10.3 Å². The Morgan fingerprint density at radius 2 is 1.95 bits per heavy atom. The molecule has 0 aliphatic heterocycles. The number of amides is 1. The number of anilines is 1. The molecule has 19 heavy (non-hydrogen) atoms. The molecule has 0 unspecified atom stereocenters. The van der Waals surface area contributed by atoms with E-state index in [2.05, 4.69) is 29.5 Å². The van der Waals surface area contributed by atoms with Crippen molar-refractivity contribution in [1.29, 1.82) is 0 Å². The highest BCUT2D eigenvalue weighted by molar-refractivity contribution is 5.95. The molecule has 0 aliphatic carbocycles. The molecule has 4 heteroatoms. The first-order valence-corrected chi connectivity index (χ1v) is 6.81. The van der Waals surface area contributed by atoms with Gasteiger partial charge in [0.15, 0.2) is 0 Å². The van der Waals surface area contributed by atoms with E-state index in [1.807, 2.05) is 33.8 Å². The Morgan fingerprint density at radius 3 is 2.42 bits per heavy atom. The average Bonchev–Trinajstić information content (AvgIpc) is 2.26. The molecule has 0 aliphatic rings. The second-order valence-electron chi connectivity index (χ2n) is 6.06. The smallest absolute Gasteiger partial charge is 0.251 e. The van der Waals surface area contributed by atoms with E-state index >= 15 is 0 Å². The number of hydrogen-bond acceptors (Lipinski definition) is 3. The molecule has 0 radical (unpaired) electrons. The molecule has 1 aromatic rings. The first kappa shape index (κ1) is 15.5. The standard InChI is InChI=1S/C15H25N3O/c1-7-16-13-9-11(8-12(17-13)10(2)3)14(19)18-15(4,5)6/h8-10H,7H2,1-6H3,(H,16,17)(H,18,19). The molecule has 2 N–H and O–H groups in total. The molecule has 0 atom stereocenters. The van der Waals surface area contributed by atoms with E-state index in [4.69, 9.17) is 0 Å². The fourth-order valence-electron chi connectivity index (χ4n) is 1.66. The number of carbonyl (C=O) groups excluding carboxylic acids is 1. The van der Waals surface area contributed by atoms with E-state index in [0.29, 0.717) is 11.5 Å². The molecule has 1 rings (SSSR count). The number of rotatable bonds is 4. The molecule has 1 aromatic heterocycles. The minimum atomic E-state index is -0.239. The van der Waals surface area contributed by atoms with Crippen LogP contribution in [0.15, 0.2) is 12.1 Å². The average molecular weight is 263 g/mol. The van der Waals surface area contributed by atoms with Gasteiger partial charge in [-0.15, -0.1) is 0 Å². The first-order chi connectivity index (χ1) is 8.73. The molecular weight excluding hydrogens is 238 g/mol.